The maximum Gasteiger partial charge on any atom is 0.337 e. The molecule has 0 spiro atoms. The summed E-state index contributed by atoms with van der Waals surface area (Å²) in [5, 5.41) is 15.5. The quantitative estimate of drug-likeness (QED) is 0.326. The van der Waals surface area contributed by atoms with Gasteiger partial charge in [0.2, 0.25) is 5.91 Å². The molecule has 3 aromatic carbocycles. The fraction of sp³-hybridized carbons (Fsp3) is 0.400. The zero-order valence-corrected chi connectivity index (χ0v) is 25.7. The van der Waals surface area contributed by atoms with Crippen molar-refractivity contribution < 1.29 is 24.2 Å². The van der Waals surface area contributed by atoms with Crippen LogP contribution in [-0.4, -0.2) is 54.0 Å². The molecular formula is C35H39ClN2O5. The van der Waals surface area contributed by atoms with Crippen molar-refractivity contribution in [1.82, 2.24) is 10.2 Å². The Bertz CT molecular complexity index is 1500. The zero-order chi connectivity index (χ0) is 30.8. The Hall–Kier alpha value is -3.68. The van der Waals surface area contributed by atoms with E-state index in [9.17, 15) is 19.5 Å². The number of nitrogens with one attached hydrogen (secondary N) is 1. The molecule has 5 rings (SSSR count). The monoisotopic (exact) mass is 602 g/mol. The second kappa shape index (κ2) is 12.5. The number of benzene rings is 3. The minimum Gasteiger partial charge on any atom is -0.465 e. The van der Waals surface area contributed by atoms with Crippen LogP contribution in [0.1, 0.15) is 72.2 Å². The molecule has 0 aromatic heterocycles. The molecule has 1 saturated heterocycles. The summed E-state index contributed by atoms with van der Waals surface area (Å²) in [6.07, 6.45) is 3.73. The maximum absolute atomic E-state index is 14.0. The largest absolute Gasteiger partial charge is 0.465 e. The number of carbonyl (C=O) groups is 3. The molecule has 2 fully saturated rings. The van der Waals surface area contributed by atoms with Gasteiger partial charge in [-0.15, -0.1) is 0 Å². The topological polar surface area (TPSA) is 95.9 Å². The van der Waals surface area contributed by atoms with Crippen molar-refractivity contribution >= 4 is 29.4 Å². The molecule has 0 radical (unpaired) electrons. The van der Waals surface area contributed by atoms with Crippen molar-refractivity contribution in [2.45, 2.75) is 57.6 Å². The molecular weight excluding hydrogens is 564 g/mol. The Kier molecular flexibility index (Phi) is 8.95. The van der Waals surface area contributed by atoms with Gasteiger partial charge in [0, 0.05) is 35.1 Å². The van der Waals surface area contributed by atoms with Crippen molar-refractivity contribution in [3.63, 3.8) is 0 Å². The fourth-order valence-electron chi connectivity index (χ4n) is 6.64. The number of methoxy groups -OCH3 is 1. The van der Waals surface area contributed by atoms with Crippen LogP contribution in [-0.2, 0) is 15.1 Å². The van der Waals surface area contributed by atoms with Crippen LogP contribution in [0.15, 0.2) is 72.8 Å². The summed E-state index contributed by atoms with van der Waals surface area (Å²) in [5.41, 5.74) is 1.66. The Morgan fingerprint density at radius 2 is 1.56 bits per heavy atom. The highest BCUT2D eigenvalue weighted by molar-refractivity contribution is 6.30. The molecule has 2 N–H and O–H groups in total. The minimum absolute atomic E-state index is 0.0320. The summed E-state index contributed by atoms with van der Waals surface area (Å²) in [7, 11) is 1.34. The Balaban J connectivity index is 1.29. The highest BCUT2D eigenvalue weighted by Gasteiger charge is 2.50. The lowest BCUT2D eigenvalue weighted by atomic mass is 9.66. The summed E-state index contributed by atoms with van der Waals surface area (Å²) in [6.45, 7) is 4.84. The normalized spacial score (nSPS) is 23.3. The Morgan fingerprint density at radius 1 is 0.930 bits per heavy atom. The number of esters is 1. The van der Waals surface area contributed by atoms with E-state index in [0.29, 0.717) is 42.1 Å². The van der Waals surface area contributed by atoms with E-state index < -0.39 is 17.0 Å². The van der Waals surface area contributed by atoms with E-state index in [4.69, 9.17) is 16.3 Å². The summed E-state index contributed by atoms with van der Waals surface area (Å²) in [6, 6.07) is 21.4. The van der Waals surface area contributed by atoms with Crippen molar-refractivity contribution in [3.8, 4) is 11.1 Å². The predicted octanol–water partition coefficient (Wildman–Crippen LogP) is 6.23. The van der Waals surface area contributed by atoms with Gasteiger partial charge in [-0.25, -0.2) is 4.79 Å². The first kappa shape index (κ1) is 30.8. The lowest BCUT2D eigenvalue weighted by molar-refractivity contribution is -0.158. The van der Waals surface area contributed by atoms with Crippen molar-refractivity contribution in [3.05, 3.63) is 94.5 Å². The number of hydrogen-bond donors (Lipinski definition) is 2. The number of piperidine rings is 1. The zero-order valence-electron chi connectivity index (χ0n) is 24.9. The SMILES string of the molecule is COC(=O)c1cccc(-c2cccc(C(=O)NC3CCCCC3C(=O)N3CCC(O)(c4ccc(Cl)cc4)C(C)(C)C3)c2)c1. The first-order valence-electron chi connectivity index (χ1n) is 14.9. The number of ether oxygens (including phenoxy) is 1. The van der Waals surface area contributed by atoms with Gasteiger partial charge in [0.1, 0.15) is 0 Å². The lowest BCUT2D eigenvalue weighted by Gasteiger charge is -2.51. The molecule has 1 saturated carbocycles. The lowest BCUT2D eigenvalue weighted by Crippen LogP contribution is -2.59. The molecule has 7 nitrogen and oxygen atoms in total. The van der Waals surface area contributed by atoms with Gasteiger partial charge in [-0.1, -0.05) is 74.7 Å². The summed E-state index contributed by atoms with van der Waals surface area (Å²) < 4.78 is 4.84. The maximum atomic E-state index is 14.0. The van der Waals surface area contributed by atoms with Gasteiger partial charge in [0.15, 0.2) is 0 Å². The molecule has 1 aliphatic carbocycles. The standard InChI is InChI=1S/C35H39ClN2O5/c1-34(2)22-38(19-18-35(34,42)27-14-16-28(36)17-15-27)32(40)29-12-4-5-13-30(29)37-31(39)25-10-6-8-23(20-25)24-9-7-11-26(21-24)33(41)43-3/h6-11,14-17,20-21,29-30,42H,4-5,12-13,18-19,22H2,1-3H3,(H,37,39). The fourth-order valence-corrected chi connectivity index (χ4v) is 6.77. The van der Waals surface area contributed by atoms with Crippen molar-refractivity contribution in [2.75, 3.05) is 20.2 Å². The van der Waals surface area contributed by atoms with Crippen LogP contribution < -0.4 is 5.32 Å². The molecule has 3 unspecified atom stereocenters. The number of rotatable bonds is 6. The number of likely N-dealkylation sites (tertiary alicyclic amines) is 1. The van der Waals surface area contributed by atoms with Gasteiger partial charge >= 0.3 is 5.97 Å². The molecule has 3 atom stereocenters. The molecule has 1 heterocycles. The number of amides is 2. The minimum atomic E-state index is -1.09. The molecule has 0 bridgehead atoms. The number of nitrogens with zero attached hydrogens (tertiary/aromatic N) is 1. The molecule has 43 heavy (non-hydrogen) atoms. The van der Waals surface area contributed by atoms with E-state index in [-0.39, 0.29) is 23.8 Å². The van der Waals surface area contributed by atoms with E-state index in [2.05, 4.69) is 5.32 Å². The number of hydrogen-bond acceptors (Lipinski definition) is 5. The predicted molar refractivity (Wildman–Crippen MR) is 167 cm³/mol. The second-order valence-electron chi connectivity index (χ2n) is 12.4. The van der Waals surface area contributed by atoms with Crippen LogP contribution in [0, 0.1) is 11.3 Å². The summed E-state index contributed by atoms with van der Waals surface area (Å²) >= 11 is 6.08. The molecule has 2 aliphatic rings. The van der Waals surface area contributed by atoms with Crippen LogP contribution in [0.4, 0.5) is 0 Å². The Morgan fingerprint density at radius 3 is 2.21 bits per heavy atom. The first-order chi connectivity index (χ1) is 20.5. The molecule has 3 aromatic rings. The number of carbonyl (C=O) groups excluding carboxylic acids is 3. The smallest absolute Gasteiger partial charge is 0.337 e. The van der Waals surface area contributed by atoms with E-state index in [1.165, 1.54) is 7.11 Å². The van der Waals surface area contributed by atoms with Crippen LogP contribution in [0.5, 0.6) is 0 Å². The first-order valence-corrected chi connectivity index (χ1v) is 15.3. The van der Waals surface area contributed by atoms with E-state index in [1.807, 2.05) is 49.1 Å². The van der Waals surface area contributed by atoms with Crippen LogP contribution in [0.2, 0.25) is 5.02 Å². The van der Waals surface area contributed by atoms with E-state index >= 15 is 0 Å². The van der Waals surface area contributed by atoms with Crippen molar-refractivity contribution in [2.24, 2.45) is 11.3 Å². The molecule has 1 aliphatic heterocycles. The highest BCUT2D eigenvalue weighted by atomic mass is 35.5. The van der Waals surface area contributed by atoms with E-state index in [0.717, 1.165) is 36.0 Å². The third-order valence-corrected chi connectivity index (χ3v) is 9.48. The summed E-state index contributed by atoms with van der Waals surface area (Å²) in [5.74, 6) is -0.943. The van der Waals surface area contributed by atoms with Gasteiger partial charge in [0.25, 0.3) is 5.91 Å². The molecule has 8 heteroatoms. The average Bonchev–Trinajstić information content (AvgIpc) is 3.02. The van der Waals surface area contributed by atoms with Crippen LogP contribution >= 0.6 is 11.6 Å². The van der Waals surface area contributed by atoms with Gasteiger partial charge in [-0.05, 0) is 72.4 Å². The van der Waals surface area contributed by atoms with Gasteiger partial charge in [-0.2, -0.15) is 0 Å². The van der Waals surface area contributed by atoms with Crippen LogP contribution in [0.3, 0.4) is 0 Å². The third-order valence-electron chi connectivity index (χ3n) is 9.22. The molecule has 2 amide bonds. The van der Waals surface area contributed by atoms with Crippen molar-refractivity contribution in [1.29, 1.82) is 0 Å². The van der Waals surface area contributed by atoms with Gasteiger partial charge in [-0.3, -0.25) is 9.59 Å². The summed E-state index contributed by atoms with van der Waals surface area (Å²) in [4.78, 5) is 41.3. The van der Waals surface area contributed by atoms with Crippen LogP contribution in [0.25, 0.3) is 11.1 Å². The molecule has 226 valence electrons. The van der Waals surface area contributed by atoms with Gasteiger partial charge < -0.3 is 20.1 Å². The Labute approximate surface area is 258 Å². The van der Waals surface area contributed by atoms with E-state index in [1.54, 1.807) is 42.5 Å². The number of halogens is 1. The average molecular weight is 603 g/mol. The highest BCUT2D eigenvalue weighted by Crippen LogP contribution is 2.46. The van der Waals surface area contributed by atoms with Gasteiger partial charge in [0.05, 0.1) is 24.2 Å². The third kappa shape index (κ3) is 6.34. The second-order valence-corrected chi connectivity index (χ2v) is 12.8. The number of aliphatic hydroxyl groups is 1.